The fraction of sp³-hybridized carbons (Fsp3) is 0. The number of benzene rings is 2. The van der Waals surface area contributed by atoms with Gasteiger partial charge in [-0.1, -0.05) is 34.8 Å². The van der Waals surface area contributed by atoms with Crippen molar-refractivity contribution in [3.05, 3.63) is 75.2 Å². The van der Waals surface area contributed by atoms with E-state index in [0.29, 0.717) is 37.8 Å². The summed E-state index contributed by atoms with van der Waals surface area (Å²) in [6.07, 6.45) is 1.45. The first-order valence-electron chi connectivity index (χ1n) is 7.53. The molecule has 0 unspecified atom stereocenters. The summed E-state index contributed by atoms with van der Waals surface area (Å²) in [5.74, 6) is 0.671. The summed E-state index contributed by atoms with van der Waals surface area (Å²) >= 11 is 23.2. The summed E-state index contributed by atoms with van der Waals surface area (Å²) in [4.78, 5) is 0. The maximum atomic E-state index is 12.9. The lowest BCUT2D eigenvalue weighted by molar-refractivity contribution is 0.574. The van der Waals surface area contributed by atoms with Gasteiger partial charge in [-0.3, -0.25) is 5.43 Å². The highest BCUT2D eigenvalue weighted by molar-refractivity contribution is 7.80. The molecule has 0 saturated carbocycles. The number of hydrogen-bond donors (Lipinski definition) is 2. The van der Waals surface area contributed by atoms with Crippen molar-refractivity contribution in [2.24, 2.45) is 5.10 Å². The van der Waals surface area contributed by atoms with Crippen molar-refractivity contribution in [3.63, 3.8) is 0 Å². The molecule has 2 aromatic carbocycles. The lowest BCUT2D eigenvalue weighted by atomic mass is 10.2. The molecule has 1 aromatic heterocycles. The van der Waals surface area contributed by atoms with Gasteiger partial charge in [-0.15, -0.1) is 0 Å². The molecule has 138 valence electrons. The highest BCUT2D eigenvalue weighted by Gasteiger charge is 2.11. The number of hydrogen-bond acceptors (Lipinski definition) is 3. The Bertz CT molecular complexity index is 1010. The smallest absolute Gasteiger partial charge is 0.191 e. The molecular weight excluding hydrogens is 432 g/mol. The van der Waals surface area contributed by atoms with Gasteiger partial charge in [-0.2, -0.15) is 5.10 Å². The standard InChI is InChI=1S/C18H11Cl3FN3OS/c19-14-8-16(21)15(20)7-13(14)17-6-5-12(26-17)9-23-25-18(27)24-11-3-1-10(22)2-4-11/h1-9H,(H2,24,25,27)/b23-9+. The summed E-state index contributed by atoms with van der Waals surface area (Å²) in [6.45, 7) is 0. The molecule has 0 aliphatic carbocycles. The largest absolute Gasteiger partial charge is 0.455 e. The van der Waals surface area contributed by atoms with Crippen LogP contribution in [0, 0.1) is 5.82 Å². The van der Waals surface area contributed by atoms with Crippen LogP contribution in [0.2, 0.25) is 15.1 Å². The van der Waals surface area contributed by atoms with Gasteiger partial charge in [0.25, 0.3) is 0 Å². The number of thiocarbonyl (C=S) groups is 1. The van der Waals surface area contributed by atoms with Gasteiger partial charge in [-0.25, -0.2) is 4.39 Å². The lowest BCUT2D eigenvalue weighted by Crippen LogP contribution is -2.23. The van der Waals surface area contributed by atoms with E-state index in [2.05, 4.69) is 15.8 Å². The van der Waals surface area contributed by atoms with Crippen LogP contribution in [0.4, 0.5) is 10.1 Å². The Morgan fingerprint density at radius 1 is 1.00 bits per heavy atom. The fourth-order valence-electron chi connectivity index (χ4n) is 2.13. The predicted molar refractivity (Wildman–Crippen MR) is 113 cm³/mol. The zero-order chi connectivity index (χ0) is 19.4. The molecule has 0 spiro atoms. The van der Waals surface area contributed by atoms with Crippen LogP contribution in [0.15, 0.2) is 58.0 Å². The third-order valence-corrected chi connectivity index (χ3v) is 4.59. The third-order valence-electron chi connectivity index (χ3n) is 3.36. The molecule has 4 nitrogen and oxygen atoms in total. The monoisotopic (exact) mass is 441 g/mol. The van der Waals surface area contributed by atoms with Gasteiger partial charge in [0, 0.05) is 11.3 Å². The average molecular weight is 443 g/mol. The summed E-state index contributed by atoms with van der Waals surface area (Å²) in [5, 5.41) is 8.27. The van der Waals surface area contributed by atoms with Crippen LogP contribution in [0.25, 0.3) is 11.3 Å². The molecule has 0 saturated heterocycles. The van der Waals surface area contributed by atoms with Crippen molar-refractivity contribution in [2.75, 3.05) is 5.32 Å². The summed E-state index contributed by atoms with van der Waals surface area (Å²) in [5.41, 5.74) is 3.90. The van der Waals surface area contributed by atoms with Gasteiger partial charge in [0.15, 0.2) is 5.11 Å². The first kappa shape index (κ1) is 19.6. The number of nitrogens with zero attached hydrogens (tertiary/aromatic N) is 1. The molecule has 2 N–H and O–H groups in total. The first-order chi connectivity index (χ1) is 12.9. The number of anilines is 1. The van der Waals surface area contributed by atoms with E-state index in [0.717, 1.165) is 0 Å². The van der Waals surface area contributed by atoms with Gasteiger partial charge >= 0.3 is 0 Å². The van der Waals surface area contributed by atoms with Crippen LogP contribution in [0.5, 0.6) is 0 Å². The quantitative estimate of drug-likeness (QED) is 0.213. The molecule has 27 heavy (non-hydrogen) atoms. The van der Waals surface area contributed by atoms with Crippen LogP contribution in [0.1, 0.15) is 5.76 Å². The van der Waals surface area contributed by atoms with Crippen molar-refractivity contribution in [1.82, 2.24) is 5.43 Å². The van der Waals surface area contributed by atoms with Crippen LogP contribution in [-0.4, -0.2) is 11.3 Å². The number of furan rings is 1. The Labute approximate surface area is 174 Å². The third kappa shape index (κ3) is 5.20. The maximum absolute atomic E-state index is 12.9. The maximum Gasteiger partial charge on any atom is 0.191 e. The van der Waals surface area contributed by atoms with E-state index < -0.39 is 0 Å². The summed E-state index contributed by atoms with van der Waals surface area (Å²) in [7, 11) is 0. The van der Waals surface area contributed by atoms with E-state index in [9.17, 15) is 4.39 Å². The van der Waals surface area contributed by atoms with E-state index >= 15 is 0 Å². The molecule has 0 aliphatic heterocycles. The van der Waals surface area contributed by atoms with Crippen molar-refractivity contribution < 1.29 is 8.81 Å². The average Bonchev–Trinajstić information content (AvgIpc) is 3.09. The minimum atomic E-state index is -0.326. The Hall–Kier alpha value is -2.12. The normalized spacial score (nSPS) is 11.0. The lowest BCUT2D eigenvalue weighted by Gasteiger charge is -2.06. The zero-order valence-corrected chi connectivity index (χ0v) is 16.6. The highest BCUT2D eigenvalue weighted by Crippen LogP contribution is 2.35. The zero-order valence-electron chi connectivity index (χ0n) is 13.5. The van der Waals surface area contributed by atoms with Crippen LogP contribution < -0.4 is 10.7 Å². The van der Waals surface area contributed by atoms with E-state index in [1.165, 1.54) is 18.3 Å². The van der Waals surface area contributed by atoms with Gasteiger partial charge in [0.05, 0.1) is 21.3 Å². The van der Waals surface area contributed by atoms with E-state index in [-0.39, 0.29) is 10.9 Å². The topological polar surface area (TPSA) is 49.6 Å². The van der Waals surface area contributed by atoms with Crippen LogP contribution in [0.3, 0.4) is 0 Å². The number of rotatable bonds is 4. The summed E-state index contributed by atoms with van der Waals surface area (Å²) < 4.78 is 18.6. The highest BCUT2D eigenvalue weighted by atomic mass is 35.5. The molecule has 3 rings (SSSR count). The minimum Gasteiger partial charge on any atom is -0.455 e. The Morgan fingerprint density at radius 2 is 1.70 bits per heavy atom. The molecule has 3 aromatic rings. The Kier molecular flexibility index (Phi) is 6.34. The van der Waals surface area contributed by atoms with Crippen molar-refractivity contribution in [1.29, 1.82) is 0 Å². The van der Waals surface area contributed by atoms with Gasteiger partial charge in [-0.05, 0) is 60.7 Å². The van der Waals surface area contributed by atoms with Crippen LogP contribution >= 0.6 is 47.0 Å². The Balaban J connectivity index is 1.63. The molecule has 9 heteroatoms. The minimum absolute atomic E-state index is 0.247. The van der Waals surface area contributed by atoms with Gasteiger partial charge in [0.1, 0.15) is 17.3 Å². The Morgan fingerprint density at radius 3 is 2.44 bits per heavy atom. The van der Waals surface area contributed by atoms with Gasteiger partial charge < -0.3 is 9.73 Å². The number of nitrogens with one attached hydrogen (secondary N) is 2. The molecule has 0 amide bonds. The second kappa shape index (κ2) is 8.71. The van der Waals surface area contributed by atoms with Gasteiger partial charge in [0.2, 0.25) is 0 Å². The molecule has 0 fully saturated rings. The second-order valence-electron chi connectivity index (χ2n) is 5.28. The van der Waals surface area contributed by atoms with Crippen molar-refractivity contribution >= 4 is 64.0 Å². The van der Waals surface area contributed by atoms with Crippen molar-refractivity contribution in [3.8, 4) is 11.3 Å². The second-order valence-corrected chi connectivity index (χ2v) is 6.91. The van der Waals surface area contributed by atoms with E-state index in [4.69, 9.17) is 51.4 Å². The summed E-state index contributed by atoms with van der Waals surface area (Å²) in [6, 6.07) is 12.4. The number of halogens is 4. The fourth-order valence-corrected chi connectivity index (χ4v) is 2.94. The first-order valence-corrected chi connectivity index (χ1v) is 9.07. The van der Waals surface area contributed by atoms with E-state index in [1.807, 2.05) is 0 Å². The van der Waals surface area contributed by atoms with E-state index in [1.54, 1.807) is 36.4 Å². The number of hydrazone groups is 1. The molecule has 1 heterocycles. The molecule has 0 atom stereocenters. The molecule has 0 aliphatic rings. The molecule has 0 bridgehead atoms. The van der Waals surface area contributed by atoms with Crippen LogP contribution in [-0.2, 0) is 0 Å². The predicted octanol–water partition coefficient (Wildman–Crippen LogP) is 6.37. The SMILES string of the molecule is Fc1ccc(NC(=S)N/N=C/c2ccc(-c3cc(Cl)c(Cl)cc3Cl)o2)cc1. The van der Waals surface area contributed by atoms with Crippen molar-refractivity contribution in [2.45, 2.75) is 0 Å². The molecular formula is C18H11Cl3FN3OS. The molecule has 0 radical (unpaired) electrons.